The molecule has 25 heavy (non-hydrogen) atoms. The molecule has 0 bridgehead atoms. The summed E-state index contributed by atoms with van der Waals surface area (Å²) < 4.78 is 5.14. The van der Waals surface area contributed by atoms with Crippen molar-refractivity contribution in [3.05, 3.63) is 70.6 Å². The molecule has 0 atom stereocenters. The van der Waals surface area contributed by atoms with Crippen LogP contribution in [0.3, 0.4) is 0 Å². The van der Waals surface area contributed by atoms with E-state index in [2.05, 4.69) is 4.99 Å². The van der Waals surface area contributed by atoms with Gasteiger partial charge in [-0.25, -0.2) is 4.99 Å². The van der Waals surface area contributed by atoms with Crippen LogP contribution in [-0.4, -0.2) is 36.2 Å². The van der Waals surface area contributed by atoms with Crippen molar-refractivity contribution in [1.82, 2.24) is 4.90 Å². The molecule has 2 aromatic rings. The second-order valence-electron chi connectivity index (χ2n) is 5.70. The smallest absolute Gasteiger partial charge is 0.266 e. The fourth-order valence-electron chi connectivity index (χ4n) is 2.40. The molecule has 1 aliphatic heterocycles. The lowest BCUT2D eigenvalue weighted by Gasteiger charge is -2.14. The van der Waals surface area contributed by atoms with Crippen molar-refractivity contribution in [2.75, 3.05) is 20.3 Å². The maximum absolute atomic E-state index is 12.8. The summed E-state index contributed by atoms with van der Waals surface area (Å²) in [6, 6.07) is 17.8. The van der Waals surface area contributed by atoms with Gasteiger partial charge >= 0.3 is 0 Å². The van der Waals surface area contributed by atoms with Crippen LogP contribution in [-0.2, 0) is 9.53 Å². The van der Waals surface area contributed by atoms with E-state index in [-0.39, 0.29) is 5.91 Å². The predicted octanol–water partition coefficient (Wildman–Crippen LogP) is 4.25. The first-order chi connectivity index (χ1) is 12.2. The maximum atomic E-state index is 12.8. The molecule has 1 saturated heterocycles. The van der Waals surface area contributed by atoms with Gasteiger partial charge in [0.25, 0.3) is 5.91 Å². The molecule has 1 heterocycles. The lowest BCUT2D eigenvalue weighted by Crippen LogP contribution is -2.32. The molecule has 4 nitrogen and oxygen atoms in total. The third-order valence-electron chi connectivity index (χ3n) is 3.76. The molecule has 2 aromatic carbocycles. The first-order valence-electron chi connectivity index (χ1n) is 8.08. The highest BCUT2D eigenvalue weighted by Crippen LogP contribution is 2.34. The number of hydrogen-bond acceptors (Lipinski definition) is 4. The summed E-state index contributed by atoms with van der Waals surface area (Å²) in [5.41, 5.74) is 3.03. The van der Waals surface area contributed by atoms with Gasteiger partial charge in [0.1, 0.15) is 0 Å². The SMILES string of the molecule is COCCN1C(=O)/C(=C\c2ccc(C)cc2)SC1=Nc1ccccc1. The van der Waals surface area contributed by atoms with Crippen molar-refractivity contribution in [2.24, 2.45) is 4.99 Å². The molecular weight excluding hydrogens is 332 g/mol. The summed E-state index contributed by atoms with van der Waals surface area (Å²) >= 11 is 1.40. The van der Waals surface area contributed by atoms with Crippen LogP contribution in [0.5, 0.6) is 0 Å². The summed E-state index contributed by atoms with van der Waals surface area (Å²) in [7, 11) is 1.63. The number of ether oxygens (including phenoxy) is 1. The van der Waals surface area contributed by atoms with Crippen molar-refractivity contribution in [3.63, 3.8) is 0 Å². The van der Waals surface area contributed by atoms with E-state index in [4.69, 9.17) is 4.74 Å². The zero-order chi connectivity index (χ0) is 17.6. The Kier molecular flexibility index (Phi) is 5.68. The Balaban J connectivity index is 1.90. The second kappa shape index (κ2) is 8.14. The Hall–Kier alpha value is -2.37. The number of amidine groups is 1. The van der Waals surface area contributed by atoms with Crippen LogP contribution in [0, 0.1) is 6.92 Å². The highest BCUT2D eigenvalue weighted by Gasteiger charge is 2.33. The van der Waals surface area contributed by atoms with Crippen LogP contribution < -0.4 is 0 Å². The van der Waals surface area contributed by atoms with Crippen LogP contribution in [0.4, 0.5) is 5.69 Å². The zero-order valence-electron chi connectivity index (χ0n) is 14.3. The Labute approximate surface area is 152 Å². The standard InChI is InChI=1S/C20H20N2O2S/c1-15-8-10-16(11-9-15)14-18-19(23)22(12-13-24-2)20(25-18)21-17-6-4-3-5-7-17/h3-11,14H,12-13H2,1-2H3/b18-14+,21-20?. The first-order valence-corrected chi connectivity index (χ1v) is 8.90. The monoisotopic (exact) mass is 352 g/mol. The van der Waals surface area contributed by atoms with Gasteiger partial charge in [0, 0.05) is 7.11 Å². The van der Waals surface area contributed by atoms with Crippen LogP contribution in [0.25, 0.3) is 6.08 Å². The second-order valence-corrected chi connectivity index (χ2v) is 6.71. The van der Waals surface area contributed by atoms with E-state index >= 15 is 0 Å². The third-order valence-corrected chi connectivity index (χ3v) is 4.77. The van der Waals surface area contributed by atoms with Gasteiger partial charge in [-0.3, -0.25) is 9.69 Å². The average molecular weight is 352 g/mol. The number of aryl methyl sites for hydroxylation is 1. The maximum Gasteiger partial charge on any atom is 0.266 e. The van der Waals surface area contributed by atoms with Crippen LogP contribution in [0.15, 0.2) is 64.5 Å². The van der Waals surface area contributed by atoms with Gasteiger partial charge in [-0.1, -0.05) is 48.0 Å². The fourth-order valence-corrected chi connectivity index (χ4v) is 3.42. The van der Waals surface area contributed by atoms with Crippen molar-refractivity contribution in [2.45, 2.75) is 6.92 Å². The van der Waals surface area contributed by atoms with Crippen LogP contribution in [0.2, 0.25) is 0 Å². The number of aliphatic imine (C=N–C) groups is 1. The summed E-state index contributed by atoms with van der Waals surface area (Å²) in [5.74, 6) is -0.0303. The molecule has 0 radical (unpaired) electrons. The summed E-state index contributed by atoms with van der Waals surface area (Å²) in [5, 5.41) is 0.687. The largest absolute Gasteiger partial charge is 0.383 e. The number of thioether (sulfide) groups is 1. The highest BCUT2D eigenvalue weighted by molar-refractivity contribution is 8.18. The Morgan fingerprint density at radius 2 is 1.84 bits per heavy atom. The van der Waals surface area contributed by atoms with Crippen molar-refractivity contribution >= 4 is 34.6 Å². The minimum absolute atomic E-state index is 0.0303. The van der Waals surface area contributed by atoms with E-state index in [1.165, 1.54) is 17.3 Å². The van der Waals surface area contributed by atoms with Gasteiger partial charge in [-0.15, -0.1) is 0 Å². The van der Waals surface area contributed by atoms with E-state index in [1.807, 2.05) is 67.6 Å². The molecule has 1 aliphatic rings. The van der Waals surface area contributed by atoms with E-state index in [9.17, 15) is 4.79 Å². The molecule has 0 aliphatic carbocycles. The molecule has 1 amide bonds. The predicted molar refractivity (Wildman–Crippen MR) is 104 cm³/mol. The van der Waals surface area contributed by atoms with Gasteiger partial charge in [0.05, 0.1) is 23.7 Å². The molecule has 5 heteroatoms. The van der Waals surface area contributed by atoms with Crippen LogP contribution >= 0.6 is 11.8 Å². The highest BCUT2D eigenvalue weighted by atomic mass is 32.2. The number of benzene rings is 2. The number of carbonyl (C=O) groups is 1. The van der Waals surface area contributed by atoms with E-state index in [0.29, 0.717) is 23.2 Å². The number of carbonyl (C=O) groups excluding carboxylic acids is 1. The molecule has 3 rings (SSSR count). The molecule has 1 fully saturated rings. The molecule has 128 valence electrons. The summed E-state index contributed by atoms with van der Waals surface area (Å²) in [6.07, 6.45) is 1.92. The molecule has 0 spiro atoms. The van der Waals surface area contributed by atoms with Gasteiger partial charge in [-0.2, -0.15) is 0 Å². The first kappa shape index (κ1) is 17.5. The molecule has 0 unspecified atom stereocenters. The summed E-state index contributed by atoms with van der Waals surface area (Å²) in [4.78, 5) is 19.8. The Bertz CT molecular complexity index is 798. The van der Waals surface area contributed by atoms with Gasteiger partial charge < -0.3 is 4.74 Å². The fraction of sp³-hybridized carbons (Fsp3) is 0.200. The quantitative estimate of drug-likeness (QED) is 0.756. The van der Waals surface area contributed by atoms with Crippen LogP contribution in [0.1, 0.15) is 11.1 Å². The number of para-hydroxylation sites is 1. The van der Waals surface area contributed by atoms with Gasteiger partial charge in [0.15, 0.2) is 5.17 Å². The summed E-state index contributed by atoms with van der Waals surface area (Å²) in [6.45, 7) is 3.00. The van der Waals surface area contributed by atoms with Crippen molar-refractivity contribution in [3.8, 4) is 0 Å². The van der Waals surface area contributed by atoms with Gasteiger partial charge in [-0.05, 0) is 42.5 Å². The molecular formula is C20H20N2O2S. The molecule has 0 saturated carbocycles. The number of methoxy groups -OCH3 is 1. The zero-order valence-corrected chi connectivity index (χ0v) is 15.1. The minimum atomic E-state index is -0.0303. The van der Waals surface area contributed by atoms with E-state index in [0.717, 1.165) is 11.3 Å². The number of hydrogen-bond donors (Lipinski definition) is 0. The normalized spacial score (nSPS) is 17.7. The number of nitrogens with zero attached hydrogens (tertiary/aromatic N) is 2. The minimum Gasteiger partial charge on any atom is -0.383 e. The lowest BCUT2D eigenvalue weighted by molar-refractivity contribution is -0.122. The molecule has 0 aromatic heterocycles. The third kappa shape index (κ3) is 4.38. The number of amides is 1. The lowest BCUT2D eigenvalue weighted by atomic mass is 10.1. The average Bonchev–Trinajstić information content (AvgIpc) is 2.91. The van der Waals surface area contributed by atoms with E-state index < -0.39 is 0 Å². The van der Waals surface area contributed by atoms with E-state index in [1.54, 1.807) is 12.0 Å². The van der Waals surface area contributed by atoms with Crippen molar-refractivity contribution < 1.29 is 9.53 Å². The van der Waals surface area contributed by atoms with Crippen molar-refractivity contribution in [1.29, 1.82) is 0 Å². The van der Waals surface area contributed by atoms with Gasteiger partial charge in [0.2, 0.25) is 0 Å². The topological polar surface area (TPSA) is 41.9 Å². The molecule has 0 N–H and O–H groups in total. The Morgan fingerprint density at radius 3 is 2.52 bits per heavy atom. The Morgan fingerprint density at radius 1 is 1.12 bits per heavy atom. The number of rotatable bonds is 5.